The second-order valence-electron chi connectivity index (χ2n) is 10.4. The van der Waals surface area contributed by atoms with Gasteiger partial charge >= 0.3 is 0 Å². The summed E-state index contributed by atoms with van der Waals surface area (Å²) in [5, 5.41) is 28.8. The number of hydrogen-bond acceptors (Lipinski definition) is 11. The molecule has 2 unspecified atom stereocenters. The van der Waals surface area contributed by atoms with E-state index in [1.807, 2.05) is 12.1 Å². The van der Waals surface area contributed by atoms with Gasteiger partial charge in [0.2, 0.25) is 17.6 Å². The molecule has 2 fully saturated rings. The molecule has 13 heteroatoms. The van der Waals surface area contributed by atoms with Gasteiger partial charge < -0.3 is 37.2 Å². The van der Waals surface area contributed by atoms with Crippen LogP contribution in [0.25, 0.3) is 0 Å². The number of nitrogens with zero attached hydrogens (tertiary/aromatic N) is 4. The Morgan fingerprint density at radius 2 is 1.78 bits per heavy atom. The van der Waals surface area contributed by atoms with Gasteiger partial charge in [0, 0.05) is 24.9 Å². The first kappa shape index (κ1) is 23.7. The zero-order valence-electron chi connectivity index (χ0n) is 20.2. The highest BCUT2D eigenvalue weighted by Gasteiger charge is 2.73. The molecule has 13 nitrogen and oxygen atoms in total. The van der Waals surface area contributed by atoms with Crippen LogP contribution in [0.5, 0.6) is 0 Å². The molecular weight excluding hydrogens is 480 g/mol. The number of benzene rings is 1. The number of likely N-dealkylation sites (tertiary alicyclic amines) is 1. The van der Waals surface area contributed by atoms with Crippen molar-refractivity contribution < 1.29 is 24.6 Å². The summed E-state index contributed by atoms with van der Waals surface area (Å²) in [5.41, 5.74) is 13.3. The quantitative estimate of drug-likeness (QED) is 0.187. The Balaban J connectivity index is 1.29. The van der Waals surface area contributed by atoms with E-state index in [9.17, 15) is 24.6 Å². The number of fused-ring (bicyclic) bond motifs is 1. The number of hydrogen-bond donors (Lipinski definition) is 6. The van der Waals surface area contributed by atoms with Crippen molar-refractivity contribution in [3.05, 3.63) is 34.9 Å². The summed E-state index contributed by atoms with van der Waals surface area (Å²) in [5.74, 6) is -3.83. The molecule has 0 aromatic heterocycles. The first-order valence-corrected chi connectivity index (χ1v) is 12.5. The second-order valence-corrected chi connectivity index (χ2v) is 10.4. The molecule has 1 spiro atoms. The molecule has 0 radical (unpaired) electrons. The number of imide groups is 1. The molecular formula is C24H30N8O5. The molecule has 4 heterocycles. The van der Waals surface area contributed by atoms with E-state index in [0.717, 1.165) is 36.1 Å². The average molecular weight is 511 g/mol. The van der Waals surface area contributed by atoms with Crippen molar-refractivity contribution in [2.45, 2.75) is 68.1 Å². The highest BCUT2D eigenvalue weighted by molar-refractivity contribution is 6.02. The van der Waals surface area contributed by atoms with Crippen LogP contribution in [0.4, 0.5) is 0 Å². The molecule has 3 amide bonds. The van der Waals surface area contributed by atoms with Crippen molar-refractivity contribution in [3.63, 3.8) is 0 Å². The van der Waals surface area contributed by atoms with Crippen molar-refractivity contribution in [1.82, 2.24) is 20.4 Å². The van der Waals surface area contributed by atoms with Crippen LogP contribution >= 0.6 is 0 Å². The Kier molecular flexibility index (Phi) is 5.21. The molecule has 2 saturated heterocycles. The monoisotopic (exact) mass is 510 g/mol. The predicted octanol–water partition coefficient (Wildman–Crippen LogP) is -2.51. The molecule has 4 atom stereocenters. The van der Waals surface area contributed by atoms with E-state index in [2.05, 4.69) is 20.6 Å². The van der Waals surface area contributed by atoms with Gasteiger partial charge in [-0.3, -0.25) is 19.3 Å². The molecule has 4 aliphatic heterocycles. The van der Waals surface area contributed by atoms with E-state index < -0.39 is 35.5 Å². The van der Waals surface area contributed by atoms with Crippen LogP contribution in [0.2, 0.25) is 0 Å². The predicted molar refractivity (Wildman–Crippen MR) is 131 cm³/mol. The van der Waals surface area contributed by atoms with Gasteiger partial charge in [-0.25, -0.2) is 9.98 Å². The Hall–Kier alpha value is -3.71. The zero-order chi connectivity index (χ0) is 26.1. The normalized spacial score (nSPS) is 31.8. The van der Waals surface area contributed by atoms with Gasteiger partial charge in [0.1, 0.15) is 12.1 Å². The van der Waals surface area contributed by atoms with E-state index in [4.69, 9.17) is 11.5 Å². The van der Waals surface area contributed by atoms with Crippen LogP contribution in [0.3, 0.4) is 0 Å². The van der Waals surface area contributed by atoms with E-state index in [-0.39, 0.29) is 49.7 Å². The molecule has 1 aliphatic carbocycles. The van der Waals surface area contributed by atoms with E-state index >= 15 is 0 Å². The Morgan fingerprint density at radius 3 is 2.51 bits per heavy atom. The van der Waals surface area contributed by atoms with Gasteiger partial charge in [-0.1, -0.05) is 6.07 Å². The first-order chi connectivity index (χ1) is 17.6. The number of aryl methyl sites for hydroxylation is 2. The highest BCUT2D eigenvalue weighted by atomic mass is 16.5. The van der Waals surface area contributed by atoms with Gasteiger partial charge in [0.15, 0.2) is 17.6 Å². The number of aliphatic hydroxyl groups is 2. The smallest absolute Gasteiger partial charge is 0.251 e. The maximum Gasteiger partial charge on any atom is 0.251 e. The van der Waals surface area contributed by atoms with Gasteiger partial charge in [0.25, 0.3) is 5.91 Å². The number of guanidine groups is 2. The summed E-state index contributed by atoms with van der Waals surface area (Å²) >= 11 is 0. The molecule has 8 N–H and O–H groups in total. The Bertz CT molecular complexity index is 1250. The highest BCUT2D eigenvalue weighted by Crippen LogP contribution is 2.45. The number of aliphatic imine (C=N–C) groups is 2. The van der Waals surface area contributed by atoms with Crippen LogP contribution in [-0.2, 0) is 22.4 Å². The lowest BCUT2D eigenvalue weighted by Gasteiger charge is -2.49. The summed E-state index contributed by atoms with van der Waals surface area (Å²) in [6, 6.07) is 2.49. The maximum absolute atomic E-state index is 13.2. The van der Waals surface area contributed by atoms with Crippen molar-refractivity contribution >= 4 is 29.6 Å². The van der Waals surface area contributed by atoms with Gasteiger partial charge in [0.05, 0.1) is 12.6 Å². The van der Waals surface area contributed by atoms with E-state index in [1.165, 1.54) is 10.5 Å². The lowest BCUT2D eigenvalue weighted by Crippen LogP contribution is -2.78. The average Bonchev–Trinajstić information content (AvgIpc) is 3.46. The van der Waals surface area contributed by atoms with Crippen LogP contribution in [0, 0.1) is 0 Å². The molecule has 1 aromatic rings. The third kappa shape index (κ3) is 3.40. The molecule has 6 rings (SSSR count). The second kappa shape index (κ2) is 8.15. The zero-order valence-corrected chi connectivity index (χ0v) is 20.2. The first-order valence-electron chi connectivity index (χ1n) is 12.5. The Labute approximate surface area is 212 Å². The van der Waals surface area contributed by atoms with Crippen molar-refractivity contribution in [2.75, 3.05) is 13.1 Å². The van der Waals surface area contributed by atoms with Crippen LogP contribution in [0.1, 0.15) is 47.2 Å². The largest absolute Gasteiger partial charge is 0.370 e. The van der Waals surface area contributed by atoms with Crippen molar-refractivity contribution in [2.24, 2.45) is 21.5 Å². The van der Waals surface area contributed by atoms with E-state index in [1.54, 1.807) is 6.07 Å². The number of rotatable bonds is 4. The van der Waals surface area contributed by atoms with Crippen molar-refractivity contribution in [3.8, 4) is 0 Å². The minimum Gasteiger partial charge on any atom is -0.370 e. The fourth-order valence-corrected chi connectivity index (χ4v) is 6.37. The van der Waals surface area contributed by atoms with Crippen molar-refractivity contribution in [1.29, 1.82) is 0 Å². The summed E-state index contributed by atoms with van der Waals surface area (Å²) in [6.07, 6.45) is 4.29. The SMILES string of the molecule is NC1=N[C@H]2C(CN3C(=O)CCC3=O)N=C(N)N3CC(NC(=O)c4ccc5c(c4)CCCC5)C(O)(O)[C@]23N1. The molecule has 196 valence electrons. The summed E-state index contributed by atoms with van der Waals surface area (Å²) in [6.45, 7) is -0.209. The van der Waals surface area contributed by atoms with Gasteiger partial charge in [-0.05, 0) is 48.9 Å². The topological polar surface area (TPSA) is 199 Å². The fourth-order valence-electron chi connectivity index (χ4n) is 6.37. The van der Waals surface area contributed by atoms with Gasteiger partial charge in [-0.15, -0.1) is 0 Å². The molecule has 0 saturated carbocycles. The maximum atomic E-state index is 13.2. The summed E-state index contributed by atoms with van der Waals surface area (Å²) in [7, 11) is 0. The summed E-state index contributed by atoms with van der Waals surface area (Å²) in [4.78, 5) is 49.0. The van der Waals surface area contributed by atoms with Gasteiger partial charge in [-0.2, -0.15) is 0 Å². The number of amides is 3. The number of nitrogens with two attached hydrogens (primary N) is 2. The standard InChI is InChI=1S/C24H30N8O5/c25-21-29-19-15(10-31-17(33)7-8-18(31)34)27-22(26)32-11-16(24(36,37)23(19,32)30-21)28-20(35)14-6-5-12-3-1-2-4-13(12)9-14/h5-6,9,15-16,19,36-37H,1-4,7-8,10-11H2,(H2,26,27)(H,28,35)(H3,25,29,30)/t15?,16?,19-,23-/m0/s1. The lowest BCUT2D eigenvalue weighted by atomic mass is 9.84. The van der Waals surface area contributed by atoms with Crippen LogP contribution in [0.15, 0.2) is 28.2 Å². The molecule has 5 aliphatic rings. The number of carbonyl (C=O) groups is 3. The molecule has 37 heavy (non-hydrogen) atoms. The lowest BCUT2D eigenvalue weighted by molar-refractivity contribution is -0.230. The minimum absolute atomic E-state index is 0.0456. The summed E-state index contributed by atoms with van der Waals surface area (Å²) < 4.78 is 0. The fraction of sp³-hybridized carbons (Fsp3) is 0.542. The Morgan fingerprint density at radius 1 is 1.08 bits per heavy atom. The number of carbonyl (C=O) groups excluding carboxylic acids is 3. The number of nitrogens with one attached hydrogen (secondary N) is 2. The molecule has 0 bridgehead atoms. The molecule has 1 aromatic carbocycles. The minimum atomic E-state index is -2.59. The van der Waals surface area contributed by atoms with E-state index in [0.29, 0.717) is 5.56 Å². The third-order valence-corrected chi connectivity index (χ3v) is 8.24. The third-order valence-electron chi connectivity index (χ3n) is 8.24. The van der Waals surface area contributed by atoms with Crippen LogP contribution in [-0.4, -0.2) is 92.3 Å². The van der Waals surface area contributed by atoms with Crippen LogP contribution < -0.4 is 22.1 Å².